The molecule has 2 rings (SSSR count). The summed E-state index contributed by atoms with van der Waals surface area (Å²) in [7, 11) is 1.80. The van der Waals surface area contributed by atoms with Crippen LogP contribution in [0.2, 0.25) is 5.15 Å². The third-order valence-electron chi connectivity index (χ3n) is 2.35. The van der Waals surface area contributed by atoms with Gasteiger partial charge < -0.3 is 5.32 Å². The molecule has 2 aromatic rings. The molecule has 0 saturated carbocycles. The van der Waals surface area contributed by atoms with Gasteiger partial charge in [0.1, 0.15) is 0 Å². The molecule has 7 heteroatoms. The third-order valence-corrected chi connectivity index (χ3v) is 2.55. The molecule has 0 unspecified atom stereocenters. The molecular formula is C11H12ClN5O. The maximum absolute atomic E-state index is 11.9. The number of rotatable bonds is 3. The standard InChI is InChI=1S/C11H12ClN5O/c1-3-7-9(6-17(2)16-7)13-11(18)8-4-5-10(12)15-14-8/h4-6H,3H2,1-2H3,(H,13,18). The molecule has 0 fully saturated rings. The number of hydrogen-bond acceptors (Lipinski definition) is 4. The molecule has 0 aliphatic carbocycles. The van der Waals surface area contributed by atoms with Crippen LogP contribution in [0.5, 0.6) is 0 Å². The maximum Gasteiger partial charge on any atom is 0.276 e. The highest BCUT2D eigenvalue weighted by atomic mass is 35.5. The molecule has 18 heavy (non-hydrogen) atoms. The number of carbonyl (C=O) groups is 1. The summed E-state index contributed by atoms with van der Waals surface area (Å²) in [6.45, 7) is 1.97. The fraction of sp³-hybridized carbons (Fsp3) is 0.273. The minimum Gasteiger partial charge on any atom is -0.318 e. The lowest BCUT2D eigenvalue weighted by Crippen LogP contribution is -2.14. The molecule has 94 valence electrons. The molecule has 6 nitrogen and oxygen atoms in total. The number of hydrogen-bond donors (Lipinski definition) is 1. The lowest BCUT2D eigenvalue weighted by molar-refractivity contribution is 0.102. The third kappa shape index (κ3) is 2.65. The van der Waals surface area contributed by atoms with Crippen LogP contribution in [0, 0.1) is 0 Å². The number of carbonyl (C=O) groups excluding carboxylic acids is 1. The molecule has 0 aliphatic rings. The van der Waals surface area contributed by atoms with E-state index in [4.69, 9.17) is 11.6 Å². The van der Waals surface area contributed by atoms with Crippen molar-refractivity contribution >= 4 is 23.2 Å². The second kappa shape index (κ2) is 5.14. The van der Waals surface area contributed by atoms with Crippen molar-refractivity contribution in [2.45, 2.75) is 13.3 Å². The summed E-state index contributed by atoms with van der Waals surface area (Å²) in [6.07, 6.45) is 2.49. The van der Waals surface area contributed by atoms with Crippen LogP contribution in [0.25, 0.3) is 0 Å². The summed E-state index contributed by atoms with van der Waals surface area (Å²) in [4.78, 5) is 11.9. The van der Waals surface area contributed by atoms with Gasteiger partial charge in [-0.1, -0.05) is 18.5 Å². The van der Waals surface area contributed by atoms with Crippen molar-refractivity contribution in [2.24, 2.45) is 7.05 Å². The molecule has 1 amide bonds. The number of nitrogens with zero attached hydrogens (tertiary/aromatic N) is 4. The first-order valence-electron chi connectivity index (χ1n) is 5.43. The molecule has 1 N–H and O–H groups in total. The molecule has 2 heterocycles. The first kappa shape index (κ1) is 12.5. The Labute approximate surface area is 109 Å². The number of aryl methyl sites for hydroxylation is 2. The van der Waals surface area contributed by atoms with Crippen molar-refractivity contribution in [3.05, 3.63) is 34.9 Å². The van der Waals surface area contributed by atoms with Crippen LogP contribution in [0.15, 0.2) is 18.3 Å². The van der Waals surface area contributed by atoms with Crippen LogP contribution < -0.4 is 5.32 Å². The molecule has 0 saturated heterocycles. The van der Waals surface area contributed by atoms with Crippen molar-refractivity contribution in [3.8, 4) is 0 Å². The number of anilines is 1. The summed E-state index contributed by atoms with van der Waals surface area (Å²) in [5.74, 6) is -0.332. The Morgan fingerprint density at radius 1 is 1.44 bits per heavy atom. The topological polar surface area (TPSA) is 72.7 Å². The first-order valence-corrected chi connectivity index (χ1v) is 5.81. The zero-order valence-corrected chi connectivity index (χ0v) is 10.8. The number of nitrogens with one attached hydrogen (secondary N) is 1. The van der Waals surface area contributed by atoms with Gasteiger partial charge in [-0.15, -0.1) is 10.2 Å². The van der Waals surface area contributed by atoms with Crippen molar-refractivity contribution < 1.29 is 4.79 Å². The van der Waals surface area contributed by atoms with Crippen molar-refractivity contribution in [2.75, 3.05) is 5.32 Å². The molecule has 0 aromatic carbocycles. The average molecular weight is 266 g/mol. The van der Waals surface area contributed by atoms with E-state index in [1.807, 2.05) is 6.92 Å². The quantitative estimate of drug-likeness (QED) is 0.916. The van der Waals surface area contributed by atoms with E-state index in [9.17, 15) is 4.79 Å². The van der Waals surface area contributed by atoms with Gasteiger partial charge in [-0.2, -0.15) is 5.10 Å². The number of aromatic nitrogens is 4. The van der Waals surface area contributed by atoms with Crippen molar-refractivity contribution in [1.82, 2.24) is 20.0 Å². The Balaban J connectivity index is 2.18. The zero-order chi connectivity index (χ0) is 13.1. The Kier molecular flexibility index (Phi) is 3.57. The maximum atomic E-state index is 11.9. The molecule has 0 atom stereocenters. The van der Waals surface area contributed by atoms with Gasteiger partial charge in [0.15, 0.2) is 10.8 Å². The fourth-order valence-corrected chi connectivity index (χ4v) is 1.62. The Hall–Kier alpha value is -1.95. The minimum absolute atomic E-state index is 0.213. The zero-order valence-electron chi connectivity index (χ0n) is 10.0. The summed E-state index contributed by atoms with van der Waals surface area (Å²) in [5.41, 5.74) is 1.72. The predicted molar refractivity (Wildman–Crippen MR) is 67.6 cm³/mol. The first-order chi connectivity index (χ1) is 8.60. The van der Waals surface area contributed by atoms with Gasteiger partial charge in [0.2, 0.25) is 0 Å². The van der Waals surface area contributed by atoms with Gasteiger partial charge in [-0.3, -0.25) is 9.48 Å². The minimum atomic E-state index is -0.332. The second-order valence-corrected chi connectivity index (χ2v) is 4.10. The summed E-state index contributed by atoms with van der Waals surface area (Å²) >= 11 is 5.61. The van der Waals surface area contributed by atoms with E-state index in [0.29, 0.717) is 5.69 Å². The van der Waals surface area contributed by atoms with Gasteiger partial charge >= 0.3 is 0 Å². The van der Waals surface area contributed by atoms with Crippen molar-refractivity contribution in [3.63, 3.8) is 0 Å². The molecule has 0 bridgehead atoms. The molecular weight excluding hydrogens is 254 g/mol. The molecule has 2 aromatic heterocycles. The van der Waals surface area contributed by atoms with E-state index in [1.165, 1.54) is 12.1 Å². The van der Waals surface area contributed by atoms with Gasteiger partial charge in [0, 0.05) is 13.2 Å². The molecule has 0 spiro atoms. The van der Waals surface area contributed by atoms with E-state index < -0.39 is 0 Å². The Morgan fingerprint density at radius 3 is 2.83 bits per heavy atom. The van der Waals surface area contributed by atoms with E-state index in [2.05, 4.69) is 20.6 Å². The Bertz CT molecular complexity index is 563. The lowest BCUT2D eigenvalue weighted by atomic mass is 10.3. The number of amides is 1. The normalized spacial score (nSPS) is 10.4. The smallest absolute Gasteiger partial charge is 0.276 e. The van der Waals surface area contributed by atoms with E-state index >= 15 is 0 Å². The predicted octanol–water partition coefficient (Wildman–Crippen LogP) is 1.68. The Morgan fingerprint density at radius 2 is 2.22 bits per heavy atom. The highest BCUT2D eigenvalue weighted by Crippen LogP contribution is 2.14. The van der Waals surface area contributed by atoms with Gasteiger partial charge in [0.25, 0.3) is 5.91 Å². The largest absolute Gasteiger partial charge is 0.318 e. The van der Waals surface area contributed by atoms with Crippen LogP contribution in [0.1, 0.15) is 23.1 Å². The highest BCUT2D eigenvalue weighted by Gasteiger charge is 2.12. The molecule has 0 radical (unpaired) electrons. The van der Waals surface area contributed by atoms with Gasteiger partial charge in [-0.25, -0.2) is 0 Å². The van der Waals surface area contributed by atoms with Gasteiger partial charge in [0.05, 0.1) is 11.4 Å². The summed E-state index contributed by atoms with van der Waals surface area (Å²) < 4.78 is 1.65. The average Bonchev–Trinajstić information content (AvgIpc) is 2.70. The summed E-state index contributed by atoms with van der Waals surface area (Å²) in [6, 6.07) is 3.04. The van der Waals surface area contributed by atoms with Crippen LogP contribution in [0.3, 0.4) is 0 Å². The molecule has 0 aliphatic heterocycles. The van der Waals surface area contributed by atoms with E-state index in [-0.39, 0.29) is 16.8 Å². The van der Waals surface area contributed by atoms with Crippen LogP contribution in [-0.4, -0.2) is 25.9 Å². The monoisotopic (exact) mass is 265 g/mol. The SMILES string of the molecule is CCc1nn(C)cc1NC(=O)c1ccc(Cl)nn1. The number of halogens is 1. The van der Waals surface area contributed by atoms with Gasteiger partial charge in [-0.05, 0) is 18.6 Å². The summed E-state index contributed by atoms with van der Waals surface area (Å²) in [5, 5.41) is 14.6. The fourth-order valence-electron chi connectivity index (χ4n) is 1.52. The highest BCUT2D eigenvalue weighted by molar-refractivity contribution is 6.29. The van der Waals surface area contributed by atoms with Crippen LogP contribution >= 0.6 is 11.6 Å². The lowest BCUT2D eigenvalue weighted by Gasteiger charge is -2.02. The second-order valence-electron chi connectivity index (χ2n) is 3.71. The van der Waals surface area contributed by atoms with Crippen molar-refractivity contribution in [1.29, 1.82) is 0 Å². The van der Waals surface area contributed by atoms with E-state index in [0.717, 1.165) is 12.1 Å². The van der Waals surface area contributed by atoms with E-state index in [1.54, 1.807) is 17.9 Å². The van der Waals surface area contributed by atoms with Crippen LogP contribution in [0.4, 0.5) is 5.69 Å². The van der Waals surface area contributed by atoms with Crippen LogP contribution in [-0.2, 0) is 13.5 Å².